The number of rotatable bonds is 7. The number of imidazole rings is 1. The number of piperidine rings is 2. The molecule has 2 unspecified atom stereocenters. The standard InChI is InChI=1S/C38H38F2N10O4/c1-41-31-8-4-6-27(43-31)35(52)44-32-17-23-20-49(46-28(23)18-42-32)24-11-9-22(10-12-24)19-48-16-15-26(38(39,40)21-48)25-5-3-7-29-34(25)47(2)37(54)50(29)30-13-14-33(51)45-36(30)53/h3-8,17-18,20,22,24,26,30H,9-16,19,21H2,2H3,(H,44,52)(H,45,51,53). The van der Waals surface area contributed by atoms with Crippen molar-refractivity contribution in [2.45, 2.75) is 68.9 Å². The zero-order valence-electron chi connectivity index (χ0n) is 29.5. The molecule has 2 N–H and O–H groups in total. The van der Waals surface area contributed by atoms with Crippen LogP contribution in [0.2, 0.25) is 0 Å². The highest BCUT2D eigenvalue weighted by Gasteiger charge is 2.47. The van der Waals surface area contributed by atoms with Crippen LogP contribution in [0.4, 0.5) is 20.4 Å². The summed E-state index contributed by atoms with van der Waals surface area (Å²) in [5, 5.41) is 10.6. The Balaban J connectivity index is 0.895. The SMILES string of the molecule is [C-]#[N+]c1cccc(C(=O)Nc2cc3cn(C4CCC(CN5CCC(c6cccc7c6n(C)c(=O)n7C6CCC(=O)NC6=O)C(F)(F)C5)CC4)nc3cn2)n1. The van der Waals surface area contributed by atoms with E-state index in [2.05, 4.69) is 25.4 Å². The lowest BCUT2D eigenvalue weighted by atomic mass is 9.83. The summed E-state index contributed by atoms with van der Waals surface area (Å²) in [6.45, 7) is 7.81. The maximum absolute atomic E-state index is 16.1. The van der Waals surface area contributed by atoms with Gasteiger partial charge >= 0.3 is 5.69 Å². The summed E-state index contributed by atoms with van der Waals surface area (Å²) in [5.41, 5.74) is 1.54. The minimum absolute atomic E-state index is 0.0973. The molecule has 54 heavy (non-hydrogen) atoms. The number of carbonyl (C=O) groups excluding carboxylic acids is 3. The molecule has 2 aliphatic heterocycles. The van der Waals surface area contributed by atoms with Crippen molar-refractivity contribution in [2.24, 2.45) is 13.0 Å². The Hall–Kier alpha value is -5.82. The molecule has 14 nitrogen and oxygen atoms in total. The highest BCUT2D eigenvalue weighted by molar-refractivity contribution is 6.03. The molecule has 5 aromatic rings. The van der Waals surface area contributed by atoms with Gasteiger partial charge in [-0.3, -0.25) is 38.4 Å². The number of amides is 3. The number of halogens is 2. The molecule has 0 bridgehead atoms. The number of nitrogens with one attached hydrogen (secondary N) is 2. The number of aromatic nitrogens is 6. The molecule has 1 aromatic carbocycles. The molecule has 3 aliphatic rings. The van der Waals surface area contributed by atoms with Crippen molar-refractivity contribution in [3.8, 4) is 0 Å². The van der Waals surface area contributed by atoms with Crippen LogP contribution in [0.1, 0.15) is 79.0 Å². The van der Waals surface area contributed by atoms with Crippen LogP contribution in [-0.4, -0.2) is 77.1 Å². The highest BCUT2D eigenvalue weighted by Crippen LogP contribution is 2.44. The van der Waals surface area contributed by atoms with Crippen LogP contribution in [0.3, 0.4) is 0 Å². The van der Waals surface area contributed by atoms with Gasteiger partial charge in [-0.1, -0.05) is 24.8 Å². The van der Waals surface area contributed by atoms with Crippen LogP contribution >= 0.6 is 0 Å². The molecule has 0 spiro atoms. The van der Waals surface area contributed by atoms with Crippen LogP contribution in [0.5, 0.6) is 0 Å². The highest BCUT2D eigenvalue weighted by atomic mass is 19.3. The minimum Gasteiger partial charge on any atom is -0.361 e. The van der Waals surface area contributed by atoms with Crippen LogP contribution in [0.25, 0.3) is 26.8 Å². The summed E-state index contributed by atoms with van der Waals surface area (Å²) in [5.74, 6) is -4.82. The number of hydrogen-bond donors (Lipinski definition) is 2. The zero-order valence-corrected chi connectivity index (χ0v) is 29.5. The number of anilines is 1. The maximum atomic E-state index is 16.1. The van der Waals surface area contributed by atoms with E-state index in [0.717, 1.165) is 31.1 Å². The topological polar surface area (TPSA) is 153 Å². The van der Waals surface area contributed by atoms with Gasteiger partial charge in [0.1, 0.15) is 17.4 Å². The number of pyridine rings is 2. The fourth-order valence-electron chi connectivity index (χ4n) is 8.48. The number of benzene rings is 1. The van der Waals surface area contributed by atoms with Crippen molar-refractivity contribution in [1.82, 2.24) is 39.1 Å². The van der Waals surface area contributed by atoms with Crippen LogP contribution < -0.4 is 16.3 Å². The summed E-state index contributed by atoms with van der Waals surface area (Å²) < 4.78 is 36.8. The predicted octanol–water partition coefficient (Wildman–Crippen LogP) is 5.12. The molecule has 278 valence electrons. The second kappa shape index (κ2) is 13.9. The Kier molecular flexibility index (Phi) is 9.05. The van der Waals surface area contributed by atoms with Crippen molar-refractivity contribution < 1.29 is 23.2 Å². The summed E-state index contributed by atoms with van der Waals surface area (Å²) >= 11 is 0. The number of nitrogens with zero attached hydrogens (tertiary/aromatic N) is 8. The summed E-state index contributed by atoms with van der Waals surface area (Å²) in [6.07, 6.45) is 7.49. The van der Waals surface area contributed by atoms with E-state index in [-0.39, 0.29) is 49.3 Å². The molecule has 8 rings (SSSR count). The Morgan fingerprint density at radius 1 is 1.07 bits per heavy atom. The van der Waals surface area contributed by atoms with Gasteiger partial charge in [0.15, 0.2) is 0 Å². The number of hydrogen-bond acceptors (Lipinski definition) is 8. The molecule has 2 saturated heterocycles. The number of alkyl halides is 2. The summed E-state index contributed by atoms with van der Waals surface area (Å²) in [7, 11) is 1.54. The second-order valence-corrected chi connectivity index (χ2v) is 14.6. The van der Waals surface area contributed by atoms with Gasteiger partial charge in [-0.2, -0.15) is 5.10 Å². The molecule has 3 fully saturated rings. The quantitative estimate of drug-likeness (QED) is 0.173. The molecule has 1 aliphatic carbocycles. The first-order valence-electron chi connectivity index (χ1n) is 18.1. The molecule has 4 aromatic heterocycles. The molecule has 3 amide bonds. The van der Waals surface area contributed by atoms with Crippen molar-refractivity contribution >= 4 is 51.3 Å². The molecule has 1 saturated carbocycles. The Bertz CT molecular complexity index is 2400. The van der Waals surface area contributed by atoms with Crippen LogP contribution in [0, 0.1) is 12.5 Å². The first-order valence-corrected chi connectivity index (χ1v) is 18.1. The molecular weight excluding hydrogens is 698 g/mol. The van der Waals surface area contributed by atoms with E-state index in [1.54, 1.807) is 43.6 Å². The van der Waals surface area contributed by atoms with Gasteiger partial charge in [-0.25, -0.2) is 18.6 Å². The van der Waals surface area contributed by atoms with Gasteiger partial charge in [0.2, 0.25) is 17.5 Å². The van der Waals surface area contributed by atoms with E-state index in [1.807, 2.05) is 15.8 Å². The van der Waals surface area contributed by atoms with E-state index in [4.69, 9.17) is 11.7 Å². The molecule has 6 heterocycles. The predicted molar refractivity (Wildman–Crippen MR) is 194 cm³/mol. The summed E-state index contributed by atoms with van der Waals surface area (Å²) in [6, 6.07) is 10.7. The third kappa shape index (κ3) is 6.53. The van der Waals surface area contributed by atoms with Crippen LogP contribution in [0.15, 0.2) is 59.7 Å². The Morgan fingerprint density at radius 2 is 1.87 bits per heavy atom. The van der Waals surface area contributed by atoms with Gasteiger partial charge < -0.3 is 10.2 Å². The van der Waals surface area contributed by atoms with E-state index in [0.29, 0.717) is 41.0 Å². The smallest absolute Gasteiger partial charge is 0.329 e. The number of likely N-dealkylation sites (tertiary alicyclic amines) is 1. The third-order valence-corrected chi connectivity index (χ3v) is 11.1. The zero-order chi connectivity index (χ0) is 37.7. The van der Waals surface area contributed by atoms with Gasteiger partial charge in [0.05, 0.1) is 35.7 Å². The molecular formula is C38H38F2N10O4. The fraction of sp³-hybridized carbons (Fsp3) is 0.421. The lowest BCUT2D eigenvalue weighted by Gasteiger charge is -2.41. The number of para-hydroxylation sites is 1. The van der Waals surface area contributed by atoms with Gasteiger partial charge in [-0.05, 0) is 80.8 Å². The first kappa shape index (κ1) is 35.2. The number of imide groups is 1. The fourth-order valence-corrected chi connectivity index (χ4v) is 8.48. The molecule has 2 atom stereocenters. The summed E-state index contributed by atoms with van der Waals surface area (Å²) in [4.78, 5) is 64.0. The minimum atomic E-state index is -3.05. The molecule has 0 radical (unpaired) electrons. The van der Waals surface area contributed by atoms with Crippen molar-refractivity contribution in [3.05, 3.63) is 88.0 Å². The van der Waals surface area contributed by atoms with Crippen molar-refractivity contribution in [2.75, 3.05) is 25.0 Å². The van der Waals surface area contributed by atoms with Crippen molar-refractivity contribution in [3.63, 3.8) is 0 Å². The van der Waals surface area contributed by atoms with E-state index in [9.17, 15) is 19.2 Å². The second-order valence-electron chi connectivity index (χ2n) is 14.6. The Labute approximate surface area is 308 Å². The van der Waals surface area contributed by atoms with Crippen molar-refractivity contribution in [1.29, 1.82) is 0 Å². The largest absolute Gasteiger partial charge is 0.361 e. The molecule has 16 heteroatoms. The van der Waals surface area contributed by atoms with Gasteiger partial charge in [0.25, 0.3) is 17.6 Å². The van der Waals surface area contributed by atoms with E-state index >= 15 is 8.78 Å². The number of carbonyl (C=O) groups is 3. The first-order chi connectivity index (χ1) is 26.0. The van der Waals surface area contributed by atoms with Gasteiger partial charge in [0, 0.05) is 31.6 Å². The third-order valence-electron chi connectivity index (χ3n) is 11.1. The average molecular weight is 737 g/mol. The normalized spacial score (nSPS) is 23.3. The maximum Gasteiger partial charge on any atom is 0.329 e. The van der Waals surface area contributed by atoms with Crippen LogP contribution in [-0.2, 0) is 16.6 Å². The average Bonchev–Trinajstić information content (AvgIpc) is 3.69. The number of fused-ring (bicyclic) bond motifs is 2. The van der Waals surface area contributed by atoms with Gasteiger partial charge in [-0.15, -0.1) is 4.98 Å². The lowest BCUT2D eigenvalue weighted by Crippen LogP contribution is -2.49. The van der Waals surface area contributed by atoms with E-state index < -0.39 is 41.3 Å². The van der Waals surface area contributed by atoms with E-state index in [1.165, 1.54) is 21.3 Å². The Morgan fingerprint density at radius 3 is 2.63 bits per heavy atom. The monoisotopic (exact) mass is 736 g/mol. The number of aryl methyl sites for hydroxylation is 1. The lowest BCUT2D eigenvalue weighted by molar-refractivity contribution is -0.135.